The lowest BCUT2D eigenvalue weighted by atomic mass is 9.90. The number of ether oxygens (including phenoxy) is 1. The fraction of sp³-hybridized carbons (Fsp3) is 0.923. The molecule has 1 atom stereocenters. The van der Waals surface area contributed by atoms with Gasteiger partial charge in [-0.05, 0) is 33.9 Å². The lowest BCUT2D eigenvalue weighted by molar-refractivity contribution is -0.151. The summed E-state index contributed by atoms with van der Waals surface area (Å²) in [5.41, 5.74) is -0.499. The van der Waals surface area contributed by atoms with Gasteiger partial charge in [-0.3, -0.25) is 4.79 Å². The van der Waals surface area contributed by atoms with Gasteiger partial charge in [-0.1, -0.05) is 20.3 Å². The van der Waals surface area contributed by atoms with Crippen LogP contribution in [0.15, 0.2) is 0 Å². The van der Waals surface area contributed by atoms with Crippen LogP contribution in [-0.2, 0) is 9.53 Å². The molecule has 0 heterocycles. The normalized spacial score (nSPS) is 14.7. The predicted octanol–water partition coefficient (Wildman–Crippen LogP) is 1.65. The van der Waals surface area contributed by atoms with Crippen molar-refractivity contribution in [3.05, 3.63) is 0 Å². The highest BCUT2D eigenvalue weighted by atomic mass is 16.5. The topological polar surface area (TPSA) is 41.6 Å². The van der Waals surface area contributed by atoms with Gasteiger partial charge in [-0.25, -0.2) is 0 Å². The van der Waals surface area contributed by atoms with Crippen molar-refractivity contribution in [3.8, 4) is 0 Å². The Labute approximate surface area is 106 Å². The van der Waals surface area contributed by atoms with Gasteiger partial charge in [0, 0.05) is 13.1 Å². The molecule has 0 radical (unpaired) electrons. The van der Waals surface area contributed by atoms with Crippen LogP contribution in [-0.4, -0.2) is 50.2 Å². The molecule has 0 aromatic heterocycles. The van der Waals surface area contributed by atoms with Crippen LogP contribution in [0.3, 0.4) is 0 Å². The van der Waals surface area contributed by atoms with Gasteiger partial charge >= 0.3 is 5.97 Å². The number of esters is 1. The Hall–Kier alpha value is -0.610. The molecule has 0 amide bonds. The Balaban J connectivity index is 4.51. The number of hydrogen-bond donors (Lipinski definition) is 1. The van der Waals surface area contributed by atoms with Crippen LogP contribution < -0.4 is 5.32 Å². The van der Waals surface area contributed by atoms with Crippen molar-refractivity contribution in [3.63, 3.8) is 0 Å². The van der Waals surface area contributed by atoms with Gasteiger partial charge in [0.25, 0.3) is 0 Å². The zero-order chi connectivity index (χ0) is 13.3. The predicted molar refractivity (Wildman–Crippen MR) is 71.1 cm³/mol. The first-order valence-electron chi connectivity index (χ1n) is 6.59. The minimum Gasteiger partial charge on any atom is -0.465 e. The maximum atomic E-state index is 12.1. The van der Waals surface area contributed by atoms with E-state index in [4.69, 9.17) is 4.74 Å². The van der Waals surface area contributed by atoms with Crippen LogP contribution in [0.1, 0.15) is 40.0 Å². The molecule has 4 nitrogen and oxygen atoms in total. The second-order valence-corrected chi connectivity index (χ2v) is 4.64. The Kier molecular flexibility index (Phi) is 8.17. The van der Waals surface area contributed by atoms with Gasteiger partial charge in [0.05, 0.1) is 6.61 Å². The molecule has 0 bridgehead atoms. The van der Waals surface area contributed by atoms with Crippen molar-refractivity contribution in [1.82, 2.24) is 10.2 Å². The molecule has 0 aliphatic rings. The standard InChI is InChI=1S/C13H28N2O2/c1-6-9-13(7-2,12(16)17-8-3)14-10-11-15(4)5/h14H,6-11H2,1-5H3. The Morgan fingerprint density at radius 3 is 2.35 bits per heavy atom. The highest BCUT2D eigenvalue weighted by Crippen LogP contribution is 2.19. The first kappa shape index (κ1) is 16.4. The molecule has 102 valence electrons. The van der Waals surface area contributed by atoms with Crippen molar-refractivity contribution >= 4 is 5.97 Å². The first-order chi connectivity index (χ1) is 8.02. The molecule has 17 heavy (non-hydrogen) atoms. The summed E-state index contributed by atoms with van der Waals surface area (Å²) in [4.78, 5) is 14.2. The molecule has 4 heteroatoms. The van der Waals surface area contributed by atoms with Crippen LogP contribution in [0.5, 0.6) is 0 Å². The summed E-state index contributed by atoms with van der Waals surface area (Å²) in [6.45, 7) is 8.15. The quantitative estimate of drug-likeness (QED) is 0.626. The van der Waals surface area contributed by atoms with Crippen molar-refractivity contribution in [2.75, 3.05) is 33.8 Å². The Bertz CT molecular complexity index is 219. The van der Waals surface area contributed by atoms with E-state index in [-0.39, 0.29) is 5.97 Å². The molecule has 0 fully saturated rings. The molecular formula is C13H28N2O2. The third kappa shape index (κ3) is 5.50. The minimum atomic E-state index is -0.499. The Morgan fingerprint density at radius 2 is 1.94 bits per heavy atom. The maximum Gasteiger partial charge on any atom is 0.326 e. The summed E-state index contributed by atoms with van der Waals surface area (Å²) in [5.74, 6) is -0.108. The van der Waals surface area contributed by atoms with Gasteiger partial charge in [-0.15, -0.1) is 0 Å². The molecule has 1 N–H and O–H groups in total. The molecule has 0 aliphatic carbocycles. The van der Waals surface area contributed by atoms with E-state index in [0.29, 0.717) is 6.61 Å². The summed E-state index contributed by atoms with van der Waals surface area (Å²) < 4.78 is 5.19. The SMILES string of the molecule is CCCC(CC)(NCCN(C)C)C(=O)OCC. The largest absolute Gasteiger partial charge is 0.465 e. The first-order valence-corrected chi connectivity index (χ1v) is 6.59. The van der Waals surface area contributed by atoms with Crippen molar-refractivity contribution < 1.29 is 9.53 Å². The molecule has 0 saturated carbocycles. The van der Waals surface area contributed by atoms with Crippen molar-refractivity contribution in [2.24, 2.45) is 0 Å². The van der Waals surface area contributed by atoms with Gasteiger partial charge < -0.3 is 15.0 Å². The second kappa shape index (κ2) is 8.48. The highest BCUT2D eigenvalue weighted by molar-refractivity contribution is 5.80. The van der Waals surface area contributed by atoms with E-state index in [9.17, 15) is 4.79 Å². The number of carbonyl (C=O) groups excluding carboxylic acids is 1. The number of nitrogens with one attached hydrogen (secondary N) is 1. The molecule has 1 unspecified atom stereocenters. The van der Waals surface area contributed by atoms with E-state index in [0.717, 1.165) is 32.4 Å². The fourth-order valence-electron chi connectivity index (χ4n) is 1.92. The van der Waals surface area contributed by atoms with Crippen molar-refractivity contribution in [2.45, 2.75) is 45.6 Å². The molecule has 0 saturated heterocycles. The van der Waals surface area contributed by atoms with E-state index in [2.05, 4.69) is 17.1 Å². The summed E-state index contributed by atoms with van der Waals surface area (Å²) in [7, 11) is 4.05. The average molecular weight is 244 g/mol. The molecule has 0 rings (SSSR count). The summed E-state index contributed by atoms with van der Waals surface area (Å²) >= 11 is 0. The van der Waals surface area contributed by atoms with Gasteiger partial charge in [-0.2, -0.15) is 0 Å². The smallest absolute Gasteiger partial charge is 0.326 e. The van der Waals surface area contributed by atoms with Crippen LogP contribution in [0.4, 0.5) is 0 Å². The summed E-state index contributed by atoms with van der Waals surface area (Å²) in [6, 6.07) is 0. The van der Waals surface area contributed by atoms with Gasteiger partial charge in [0.15, 0.2) is 0 Å². The van der Waals surface area contributed by atoms with Crippen LogP contribution in [0, 0.1) is 0 Å². The molecule has 0 aromatic carbocycles. The summed E-state index contributed by atoms with van der Waals surface area (Å²) in [5, 5.41) is 3.38. The summed E-state index contributed by atoms with van der Waals surface area (Å²) in [6.07, 6.45) is 2.57. The lowest BCUT2D eigenvalue weighted by Gasteiger charge is -2.31. The number of likely N-dealkylation sites (N-methyl/N-ethyl adjacent to an activating group) is 1. The van der Waals surface area contributed by atoms with E-state index >= 15 is 0 Å². The second-order valence-electron chi connectivity index (χ2n) is 4.64. The fourth-order valence-corrected chi connectivity index (χ4v) is 1.92. The van der Waals surface area contributed by atoms with Gasteiger partial charge in [0.2, 0.25) is 0 Å². The van der Waals surface area contributed by atoms with E-state index in [1.165, 1.54) is 0 Å². The van der Waals surface area contributed by atoms with E-state index in [1.54, 1.807) is 0 Å². The molecule has 0 aromatic rings. The average Bonchev–Trinajstić information content (AvgIpc) is 2.27. The number of hydrogen-bond acceptors (Lipinski definition) is 4. The minimum absolute atomic E-state index is 0.108. The van der Waals surface area contributed by atoms with Crippen LogP contribution >= 0.6 is 0 Å². The highest BCUT2D eigenvalue weighted by Gasteiger charge is 2.36. The van der Waals surface area contributed by atoms with Crippen LogP contribution in [0.2, 0.25) is 0 Å². The zero-order valence-electron chi connectivity index (χ0n) is 12.0. The molecular weight excluding hydrogens is 216 g/mol. The zero-order valence-corrected chi connectivity index (χ0v) is 12.0. The Morgan fingerprint density at radius 1 is 1.29 bits per heavy atom. The van der Waals surface area contributed by atoms with E-state index < -0.39 is 5.54 Å². The molecule has 0 spiro atoms. The monoisotopic (exact) mass is 244 g/mol. The number of nitrogens with zero attached hydrogens (tertiary/aromatic N) is 1. The third-order valence-electron chi connectivity index (χ3n) is 2.97. The van der Waals surface area contributed by atoms with Crippen LogP contribution in [0.25, 0.3) is 0 Å². The number of carbonyl (C=O) groups is 1. The number of rotatable bonds is 9. The maximum absolute atomic E-state index is 12.1. The van der Waals surface area contributed by atoms with E-state index in [1.807, 2.05) is 27.9 Å². The lowest BCUT2D eigenvalue weighted by Crippen LogP contribution is -2.54. The van der Waals surface area contributed by atoms with Crippen molar-refractivity contribution in [1.29, 1.82) is 0 Å². The molecule has 0 aliphatic heterocycles. The van der Waals surface area contributed by atoms with Gasteiger partial charge in [0.1, 0.15) is 5.54 Å². The third-order valence-corrected chi connectivity index (χ3v) is 2.97.